The molecular weight excluding hydrogens is 570 g/mol. The molecule has 1 fully saturated rings. The van der Waals surface area contributed by atoms with Gasteiger partial charge in [0.25, 0.3) is 10.1 Å². The van der Waals surface area contributed by atoms with Crippen molar-refractivity contribution < 1.29 is 32.5 Å². The van der Waals surface area contributed by atoms with Crippen LogP contribution in [0.25, 0.3) is 6.08 Å². The van der Waals surface area contributed by atoms with Crippen molar-refractivity contribution >= 4 is 33.9 Å². The summed E-state index contributed by atoms with van der Waals surface area (Å²) < 4.78 is 29.6. The molecule has 10 nitrogen and oxygen atoms in total. The molecular formula is C32H45N3O7S. The van der Waals surface area contributed by atoms with E-state index in [0.29, 0.717) is 12.8 Å². The summed E-state index contributed by atoms with van der Waals surface area (Å²) in [6.07, 6.45) is 8.19. The van der Waals surface area contributed by atoms with Crippen LogP contribution in [0.5, 0.6) is 0 Å². The van der Waals surface area contributed by atoms with E-state index in [1.54, 1.807) is 25.1 Å². The molecule has 1 amide bonds. The fraction of sp³-hybridized carbons (Fsp3) is 0.469. The highest BCUT2D eigenvalue weighted by Gasteiger charge is 2.54. The lowest BCUT2D eigenvalue weighted by Crippen LogP contribution is -2.53. The third-order valence-electron chi connectivity index (χ3n) is 8.09. The number of benzene rings is 2. The number of hydrazine groups is 1. The van der Waals surface area contributed by atoms with Crippen molar-refractivity contribution in [3.63, 3.8) is 0 Å². The zero-order valence-corrected chi connectivity index (χ0v) is 25.9. The first-order valence-corrected chi connectivity index (χ1v) is 16.0. The molecule has 4 atom stereocenters. The third kappa shape index (κ3) is 9.82. The van der Waals surface area contributed by atoms with Gasteiger partial charge >= 0.3 is 5.97 Å². The lowest BCUT2D eigenvalue weighted by atomic mass is 9.59. The van der Waals surface area contributed by atoms with Gasteiger partial charge in [-0.15, -0.1) is 0 Å². The second kappa shape index (κ2) is 16.5. The smallest absolute Gasteiger partial charge is 0.307 e. The highest BCUT2D eigenvalue weighted by atomic mass is 32.2. The number of carboxylic acids is 1. The zero-order chi connectivity index (χ0) is 32.2. The van der Waals surface area contributed by atoms with Crippen LogP contribution in [0.1, 0.15) is 69.9 Å². The second-order valence-electron chi connectivity index (χ2n) is 11.2. The Hall–Kier alpha value is -3.38. The standard InChI is InChI=1S/C25H37N3O4.C7H8O3S/c1-3-9-19(23(30)28-27)16-21(24(31)32)25(22(29)17(2)26,20-12-7-8-13-20)15-14-18-10-5-4-6-11-18;1-6-2-4-7(5-3-6)11(8,9)10/h4-6,10-11,14-15,17,19-21H,3,7-9,12-13,16,26-27H2,1-2H3,(H,28,30)(H,31,32);2-5H,1H3,(H,8,9,10)/b15-14+;/t17-,19+,21+,25?;/m1./s1. The van der Waals surface area contributed by atoms with Gasteiger partial charge in [0.05, 0.1) is 22.3 Å². The van der Waals surface area contributed by atoms with E-state index in [-0.39, 0.29) is 23.0 Å². The summed E-state index contributed by atoms with van der Waals surface area (Å²) in [5, 5.41) is 10.4. The Kier molecular flexibility index (Phi) is 13.7. The van der Waals surface area contributed by atoms with Gasteiger partial charge in [-0.1, -0.05) is 86.4 Å². The van der Waals surface area contributed by atoms with Crippen LogP contribution in [-0.4, -0.2) is 41.8 Å². The number of amides is 1. The lowest BCUT2D eigenvalue weighted by molar-refractivity contribution is -0.154. The van der Waals surface area contributed by atoms with Crippen LogP contribution in [-0.2, 0) is 24.5 Å². The SMILES string of the molecule is CCC[C@@H](C[C@@H](C(=O)O)C(/C=C/c1ccccc1)(C(=O)[C@@H](C)N)C1CCCC1)C(=O)NN.Cc1ccc(S(=O)(=O)O)cc1. The van der Waals surface area contributed by atoms with Gasteiger partial charge in [0.2, 0.25) is 5.91 Å². The van der Waals surface area contributed by atoms with Crippen molar-refractivity contribution in [2.45, 2.75) is 76.7 Å². The minimum Gasteiger partial charge on any atom is -0.481 e. The maximum Gasteiger partial charge on any atom is 0.307 e. The molecule has 0 aromatic heterocycles. The molecule has 7 N–H and O–H groups in total. The van der Waals surface area contributed by atoms with Gasteiger partial charge in [0.15, 0.2) is 5.78 Å². The molecule has 1 aliphatic rings. The Balaban J connectivity index is 0.000000490. The molecule has 0 spiro atoms. The molecule has 1 saturated carbocycles. The van der Waals surface area contributed by atoms with Crippen molar-refractivity contribution in [3.8, 4) is 0 Å². The molecule has 1 unspecified atom stereocenters. The Labute approximate surface area is 254 Å². The second-order valence-corrected chi connectivity index (χ2v) is 12.6. The fourth-order valence-corrected chi connectivity index (χ4v) is 6.39. The van der Waals surface area contributed by atoms with Crippen LogP contribution in [0, 0.1) is 30.1 Å². The van der Waals surface area contributed by atoms with Gasteiger partial charge in [-0.2, -0.15) is 8.42 Å². The van der Waals surface area contributed by atoms with Crippen LogP contribution in [0.2, 0.25) is 0 Å². The number of rotatable bonds is 13. The summed E-state index contributed by atoms with van der Waals surface area (Å²) in [6.45, 7) is 5.38. The molecule has 1 aliphatic carbocycles. The first kappa shape index (κ1) is 35.8. The average molecular weight is 616 g/mol. The number of nitrogens with two attached hydrogens (primary N) is 2. The van der Waals surface area contributed by atoms with Crippen LogP contribution >= 0.6 is 0 Å². The van der Waals surface area contributed by atoms with E-state index in [2.05, 4.69) is 5.43 Å². The van der Waals surface area contributed by atoms with Gasteiger partial charge in [0, 0.05) is 5.92 Å². The zero-order valence-electron chi connectivity index (χ0n) is 25.1. The topological polar surface area (TPSA) is 190 Å². The Morgan fingerprint density at radius 2 is 1.65 bits per heavy atom. The first-order chi connectivity index (χ1) is 20.3. The van der Waals surface area contributed by atoms with Gasteiger partial charge in [0.1, 0.15) is 0 Å². The first-order valence-electron chi connectivity index (χ1n) is 14.6. The Morgan fingerprint density at radius 3 is 2.12 bits per heavy atom. The number of ketones is 1. The summed E-state index contributed by atoms with van der Waals surface area (Å²) in [5.41, 5.74) is 8.80. The van der Waals surface area contributed by atoms with E-state index in [0.717, 1.165) is 36.8 Å². The predicted molar refractivity (Wildman–Crippen MR) is 166 cm³/mol. The molecule has 0 bridgehead atoms. The third-order valence-corrected chi connectivity index (χ3v) is 8.95. The van der Waals surface area contributed by atoms with Gasteiger partial charge in [-0.25, -0.2) is 5.84 Å². The number of aliphatic carboxylic acids is 1. The number of nitrogens with one attached hydrogen (secondary N) is 1. The highest BCUT2D eigenvalue weighted by Crippen LogP contribution is 2.50. The van der Waals surface area contributed by atoms with Crippen molar-refractivity contribution in [2.24, 2.45) is 34.7 Å². The number of aryl methyl sites for hydroxylation is 1. The van der Waals surface area contributed by atoms with Crippen LogP contribution in [0.15, 0.2) is 65.6 Å². The molecule has 0 heterocycles. The number of Topliss-reactive ketones (excluding diaryl/α,β-unsaturated/α-hetero) is 1. The Morgan fingerprint density at radius 1 is 1.07 bits per heavy atom. The predicted octanol–water partition coefficient (Wildman–Crippen LogP) is 4.53. The van der Waals surface area contributed by atoms with E-state index in [1.165, 1.54) is 12.1 Å². The number of hydrogen-bond donors (Lipinski definition) is 5. The van der Waals surface area contributed by atoms with E-state index in [1.807, 2.05) is 50.3 Å². The van der Waals surface area contributed by atoms with Crippen molar-refractivity contribution in [1.29, 1.82) is 0 Å². The summed E-state index contributed by atoms with van der Waals surface area (Å²) in [6, 6.07) is 14.7. The molecule has 0 saturated heterocycles. The lowest BCUT2D eigenvalue weighted by Gasteiger charge is -2.42. The summed E-state index contributed by atoms with van der Waals surface area (Å²) in [5.74, 6) is 1.77. The van der Waals surface area contributed by atoms with Gasteiger partial charge in [-0.3, -0.25) is 24.4 Å². The van der Waals surface area contributed by atoms with Crippen molar-refractivity contribution in [3.05, 3.63) is 71.8 Å². The number of allylic oxidation sites excluding steroid dienone is 1. The minimum atomic E-state index is -4.02. The fourth-order valence-electron chi connectivity index (χ4n) is 5.91. The van der Waals surface area contributed by atoms with Gasteiger partial charge < -0.3 is 10.8 Å². The summed E-state index contributed by atoms with van der Waals surface area (Å²) >= 11 is 0. The highest BCUT2D eigenvalue weighted by molar-refractivity contribution is 7.85. The molecule has 3 rings (SSSR count). The van der Waals surface area contributed by atoms with Crippen molar-refractivity contribution in [1.82, 2.24) is 5.43 Å². The van der Waals surface area contributed by atoms with Crippen LogP contribution in [0.3, 0.4) is 0 Å². The Bertz CT molecular complexity index is 1340. The van der Waals surface area contributed by atoms with E-state index in [9.17, 15) is 27.9 Å². The average Bonchev–Trinajstić information content (AvgIpc) is 3.51. The van der Waals surface area contributed by atoms with Crippen LogP contribution < -0.4 is 17.0 Å². The minimum absolute atomic E-state index is 0.0281. The number of carboxylic acid groups (broad SMARTS) is 1. The molecule has 43 heavy (non-hydrogen) atoms. The normalized spacial score (nSPS) is 17.3. The summed E-state index contributed by atoms with van der Waals surface area (Å²) in [4.78, 5) is 38.8. The van der Waals surface area contributed by atoms with Crippen LogP contribution in [0.4, 0.5) is 0 Å². The number of carbonyl (C=O) groups is 3. The van der Waals surface area contributed by atoms with E-state index in [4.69, 9.17) is 16.1 Å². The summed E-state index contributed by atoms with van der Waals surface area (Å²) in [7, 11) is -4.02. The number of carbonyl (C=O) groups excluding carboxylic acids is 2. The number of hydrogen-bond acceptors (Lipinski definition) is 7. The van der Waals surface area contributed by atoms with E-state index < -0.39 is 45.3 Å². The van der Waals surface area contributed by atoms with Gasteiger partial charge in [-0.05, 0) is 63.1 Å². The van der Waals surface area contributed by atoms with Crippen molar-refractivity contribution in [2.75, 3.05) is 0 Å². The molecule has 236 valence electrons. The molecule has 2 aromatic rings. The van der Waals surface area contributed by atoms with E-state index >= 15 is 0 Å². The monoisotopic (exact) mass is 615 g/mol. The largest absolute Gasteiger partial charge is 0.481 e. The maximum absolute atomic E-state index is 13.7. The molecule has 11 heteroatoms. The molecule has 2 aromatic carbocycles. The molecule has 0 radical (unpaired) electrons. The quantitative estimate of drug-likeness (QED) is 0.0932. The molecule has 0 aliphatic heterocycles. The maximum atomic E-state index is 13.7.